The fourth-order valence-corrected chi connectivity index (χ4v) is 2.44. The number of aliphatic hydroxyl groups is 3. The van der Waals surface area contributed by atoms with E-state index in [2.05, 4.69) is 5.32 Å². The molecule has 1 aromatic carbocycles. The van der Waals surface area contributed by atoms with Crippen molar-refractivity contribution in [3.63, 3.8) is 0 Å². The molecule has 9 nitrogen and oxygen atoms in total. The molecule has 0 unspecified atom stereocenters. The van der Waals surface area contributed by atoms with Gasteiger partial charge in [0.1, 0.15) is 35.7 Å². The van der Waals surface area contributed by atoms with E-state index in [-0.39, 0.29) is 11.3 Å². The van der Waals surface area contributed by atoms with Crippen molar-refractivity contribution in [3.05, 3.63) is 29.8 Å². The number of nitrogens with one attached hydrogen (secondary N) is 1. The van der Waals surface area contributed by atoms with E-state index in [1.54, 1.807) is 6.07 Å². The fraction of sp³-hybridized carbons (Fsp3) is 0.467. The second-order valence-electron chi connectivity index (χ2n) is 5.35. The van der Waals surface area contributed by atoms with Crippen molar-refractivity contribution in [2.24, 2.45) is 0 Å². The summed E-state index contributed by atoms with van der Waals surface area (Å²) in [6.45, 7) is 0.616. The van der Waals surface area contributed by atoms with Gasteiger partial charge in [0.2, 0.25) is 12.2 Å². The van der Waals surface area contributed by atoms with Gasteiger partial charge in [0.25, 0.3) is 0 Å². The Labute approximate surface area is 137 Å². The summed E-state index contributed by atoms with van der Waals surface area (Å²) in [5.41, 5.74) is -0.135. The first-order chi connectivity index (χ1) is 11.3. The Kier molecular flexibility index (Phi) is 5.73. The monoisotopic (exact) mass is 341 g/mol. The molecule has 5 N–H and O–H groups in total. The minimum absolute atomic E-state index is 0.0365. The summed E-state index contributed by atoms with van der Waals surface area (Å²) in [6.07, 6.45) is -5.36. The lowest BCUT2D eigenvalue weighted by Gasteiger charge is -2.42. The standard InChI is InChI=1S/C15H19NO8/c1-7(18)16-11-13(20)12(19)10(6-17)24-15(11)23-9-5-3-2-4-8(9)14(21)22/h2-5,10-13,15,17,19-20H,6H2,1H3,(H,16,18)(H,21,22)/t10-,11-,12+,13+,15+/m1/s1. The molecule has 1 amide bonds. The van der Waals surface area contributed by atoms with Crippen LogP contribution in [0.25, 0.3) is 0 Å². The van der Waals surface area contributed by atoms with Crippen LogP contribution in [0.2, 0.25) is 0 Å². The van der Waals surface area contributed by atoms with Gasteiger partial charge in [0.15, 0.2) is 0 Å². The maximum Gasteiger partial charge on any atom is 0.339 e. The van der Waals surface area contributed by atoms with Crippen molar-refractivity contribution < 1.29 is 39.5 Å². The van der Waals surface area contributed by atoms with Crippen LogP contribution in [0.3, 0.4) is 0 Å². The number of ether oxygens (including phenoxy) is 2. The molecular formula is C15H19NO8. The van der Waals surface area contributed by atoms with Crippen molar-refractivity contribution in [1.29, 1.82) is 0 Å². The van der Waals surface area contributed by atoms with Crippen molar-refractivity contribution in [2.75, 3.05) is 6.61 Å². The number of aliphatic hydroxyl groups excluding tert-OH is 3. The number of hydrogen-bond acceptors (Lipinski definition) is 7. The van der Waals surface area contributed by atoms with Crippen LogP contribution < -0.4 is 10.1 Å². The van der Waals surface area contributed by atoms with Crippen LogP contribution in [0.15, 0.2) is 24.3 Å². The zero-order chi connectivity index (χ0) is 17.9. The van der Waals surface area contributed by atoms with Gasteiger partial charge in [0, 0.05) is 6.92 Å². The molecule has 24 heavy (non-hydrogen) atoms. The van der Waals surface area contributed by atoms with Gasteiger partial charge in [0.05, 0.1) is 6.61 Å². The Balaban J connectivity index is 2.30. The average Bonchev–Trinajstić information content (AvgIpc) is 2.54. The summed E-state index contributed by atoms with van der Waals surface area (Å²) in [4.78, 5) is 22.6. The molecule has 1 aliphatic rings. The van der Waals surface area contributed by atoms with Gasteiger partial charge in [-0.05, 0) is 12.1 Å². The lowest BCUT2D eigenvalue weighted by atomic mass is 9.97. The molecule has 2 rings (SSSR count). The van der Waals surface area contributed by atoms with Crippen molar-refractivity contribution >= 4 is 11.9 Å². The molecule has 0 saturated carbocycles. The molecule has 9 heteroatoms. The summed E-state index contributed by atoms with van der Waals surface area (Å²) >= 11 is 0. The Hall–Kier alpha value is -2.20. The van der Waals surface area contributed by atoms with E-state index in [9.17, 15) is 30.0 Å². The minimum atomic E-state index is -1.47. The maximum absolute atomic E-state index is 11.3. The van der Waals surface area contributed by atoms with Gasteiger partial charge < -0.3 is 35.2 Å². The van der Waals surface area contributed by atoms with E-state index in [4.69, 9.17) is 9.47 Å². The van der Waals surface area contributed by atoms with Crippen LogP contribution >= 0.6 is 0 Å². The predicted octanol–water partition coefficient (Wildman–Crippen LogP) is -1.29. The number of benzene rings is 1. The van der Waals surface area contributed by atoms with Gasteiger partial charge in [-0.1, -0.05) is 12.1 Å². The third kappa shape index (κ3) is 3.82. The van der Waals surface area contributed by atoms with E-state index in [0.29, 0.717) is 0 Å². The number of aromatic carboxylic acids is 1. The molecule has 0 aliphatic carbocycles. The Bertz CT molecular complexity index is 607. The highest BCUT2D eigenvalue weighted by Gasteiger charge is 2.46. The predicted molar refractivity (Wildman–Crippen MR) is 79.4 cm³/mol. The third-order valence-corrected chi connectivity index (χ3v) is 3.61. The number of carbonyl (C=O) groups is 2. The smallest absolute Gasteiger partial charge is 0.339 e. The van der Waals surface area contributed by atoms with Crippen LogP contribution in [0.5, 0.6) is 5.75 Å². The summed E-state index contributed by atoms with van der Waals surface area (Å²) in [5.74, 6) is -1.76. The van der Waals surface area contributed by atoms with Gasteiger partial charge >= 0.3 is 5.97 Å². The first-order valence-electron chi connectivity index (χ1n) is 7.23. The van der Waals surface area contributed by atoms with Crippen LogP contribution in [-0.4, -0.2) is 69.6 Å². The largest absolute Gasteiger partial charge is 0.478 e. The lowest BCUT2D eigenvalue weighted by molar-refractivity contribution is -0.244. The number of rotatable bonds is 5. The van der Waals surface area contributed by atoms with Gasteiger partial charge in [-0.2, -0.15) is 0 Å². The van der Waals surface area contributed by atoms with E-state index in [1.807, 2.05) is 0 Å². The second kappa shape index (κ2) is 7.58. The highest BCUT2D eigenvalue weighted by Crippen LogP contribution is 2.26. The molecular weight excluding hydrogens is 322 g/mol. The van der Waals surface area contributed by atoms with Crippen LogP contribution in [0, 0.1) is 0 Å². The molecule has 1 saturated heterocycles. The fourth-order valence-electron chi connectivity index (χ4n) is 2.44. The Morgan fingerprint density at radius 2 is 1.92 bits per heavy atom. The van der Waals surface area contributed by atoms with E-state index < -0.39 is 49.1 Å². The molecule has 0 spiro atoms. The van der Waals surface area contributed by atoms with Crippen molar-refractivity contribution in [3.8, 4) is 5.75 Å². The maximum atomic E-state index is 11.3. The summed E-state index contributed by atoms with van der Waals surface area (Å²) < 4.78 is 10.9. The highest BCUT2D eigenvalue weighted by atomic mass is 16.7. The topological polar surface area (TPSA) is 146 Å². The highest BCUT2D eigenvalue weighted by molar-refractivity contribution is 5.90. The van der Waals surface area contributed by atoms with Crippen molar-refractivity contribution in [2.45, 2.75) is 37.6 Å². The zero-order valence-corrected chi connectivity index (χ0v) is 12.8. The Morgan fingerprint density at radius 3 is 2.50 bits per heavy atom. The molecule has 0 aromatic heterocycles. The molecule has 0 radical (unpaired) electrons. The van der Waals surface area contributed by atoms with E-state index in [0.717, 1.165) is 0 Å². The van der Waals surface area contributed by atoms with E-state index in [1.165, 1.54) is 25.1 Å². The number of carboxylic acids is 1. The summed E-state index contributed by atoms with van der Waals surface area (Å²) in [5, 5.41) is 40.9. The second-order valence-corrected chi connectivity index (χ2v) is 5.35. The molecule has 1 fully saturated rings. The van der Waals surface area contributed by atoms with Gasteiger partial charge in [-0.3, -0.25) is 4.79 Å². The molecule has 1 aromatic rings. The first kappa shape index (κ1) is 18.1. The molecule has 132 valence electrons. The number of carbonyl (C=O) groups excluding carboxylic acids is 1. The molecule has 5 atom stereocenters. The molecule has 1 aliphatic heterocycles. The number of hydrogen-bond donors (Lipinski definition) is 5. The van der Waals surface area contributed by atoms with Gasteiger partial charge in [-0.25, -0.2) is 4.79 Å². The van der Waals surface area contributed by atoms with Gasteiger partial charge in [-0.15, -0.1) is 0 Å². The lowest BCUT2D eigenvalue weighted by Crippen LogP contribution is -2.65. The van der Waals surface area contributed by atoms with Crippen molar-refractivity contribution in [1.82, 2.24) is 5.32 Å². The molecule has 0 bridgehead atoms. The first-order valence-corrected chi connectivity index (χ1v) is 7.23. The number of para-hydroxylation sites is 1. The van der Waals surface area contributed by atoms with Crippen LogP contribution in [0.1, 0.15) is 17.3 Å². The number of carboxylic acid groups (broad SMARTS) is 1. The third-order valence-electron chi connectivity index (χ3n) is 3.61. The minimum Gasteiger partial charge on any atom is -0.478 e. The molecule has 1 heterocycles. The normalized spacial score (nSPS) is 29.8. The van der Waals surface area contributed by atoms with E-state index >= 15 is 0 Å². The number of amides is 1. The SMILES string of the molecule is CC(=O)N[C@H]1[C@@H](Oc2ccccc2C(=O)O)O[C@H](CO)[C@H](O)[C@H]1O. The summed E-state index contributed by atoms with van der Waals surface area (Å²) in [6, 6.07) is 4.62. The average molecular weight is 341 g/mol. The zero-order valence-electron chi connectivity index (χ0n) is 12.8. The van der Waals surface area contributed by atoms with Crippen LogP contribution in [-0.2, 0) is 9.53 Å². The Morgan fingerprint density at radius 1 is 1.25 bits per heavy atom. The quantitative estimate of drug-likeness (QED) is 0.445. The van der Waals surface area contributed by atoms with Crippen LogP contribution in [0.4, 0.5) is 0 Å². The summed E-state index contributed by atoms with van der Waals surface area (Å²) in [7, 11) is 0.